The third-order valence-corrected chi connectivity index (χ3v) is 2.55. The van der Waals surface area contributed by atoms with Crippen LogP contribution in [0.5, 0.6) is 5.75 Å². The molecule has 19 heavy (non-hydrogen) atoms. The van der Waals surface area contributed by atoms with E-state index in [1.54, 1.807) is 0 Å². The van der Waals surface area contributed by atoms with Crippen LogP contribution in [0.1, 0.15) is 19.8 Å². The molecule has 1 aromatic carbocycles. The molecule has 1 aromatic rings. The summed E-state index contributed by atoms with van der Waals surface area (Å²) in [5, 5.41) is 22.6. The van der Waals surface area contributed by atoms with E-state index in [1.807, 2.05) is 6.92 Å². The Kier molecular flexibility index (Phi) is 5.11. The molecule has 1 unspecified atom stereocenters. The third kappa shape index (κ3) is 4.13. The van der Waals surface area contributed by atoms with Crippen LogP contribution in [0.15, 0.2) is 18.2 Å². The van der Waals surface area contributed by atoms with Crippen molar-refractivity contribution < 1.29 is 19.6 Å². The molecule has 0 heterocycles. The monoisotopic (exact) mass is 268 g/mol. The quantitative estimate of drug-likeness (QED) is 0.581. The van der Waals surface area contributed by atoms with Crippen LogP contribution >= 0.6 is 0 Å². The van der Waals surface area contributed by atoms with Crippen molar-refractivity contribution in [2.45, 2.75) is 25.8 Å². The van der Waals surface area contributed by atoms with E-state index in [9.17, 15) is 14.9 Å². The Labute approximate surface area is 110 Å². The predicted octanol–water partition coefficient (Wildman–Crippen LogP) is 2.27. The van der Waals surface area contributed by atoms with Gasteiger partial charge in [0.2, 0.25) is 0 Å². The summed E-state index contributed by atoms with van der Waals surface area (Å²) in [5.41, 5.74) is 0.203. The molecule has 0 radical (unpaired) electrons. The zero-order valence-corrected chi connectivity index (χ0v) is 10.8. The molecule has 0 fully saturated rings. The highest BCUT2D eigenvalue weighted by molar-refractivity contribution is 5.77. The average molecular weight is 268 g/mol. The van der Waals surface area contributed by atoms with E-state index in [0.29, 0.717) is 24.3 Å². The van der Waals surface area contributed by atoms with Gasteiger partial charge in [0, 0.05) is 17.8 Å². The molecule has 0 aliphatic carbocycles. The van der Waals surface area contributed by atoms with Gasteiger partial charge in [0.05, 0.1) is 18.1 Å². The number of benzene rings is 1. The summed E-state index contributed by atoms with van der Waals surface area (Å²) in [6.07, 6.45) is 1.12. The van der Waals surface area contributed by atoms with E-state index in [4.69, 9.17) is 9.84 Å². The molecule has 0 aromatic heterocycles. The Hall–Kier alpha value is -2.31. The van der Waals surface area contributed by atoms with Gasteiger partial charge in [0.1, 0.15) is 11.8 Å². The number of nitro groups is 1. The molecule has 0 spiro atoms. The van der Waals surface area contributed by atoms with Gasteiger partial charge in [-0.05, 0) is 6.42 Å². The fourth-order valence-corrected chi connectivity index (χ4v) is 1.64. The zero-order chi connectivity index (χ0) is 14.4. The molecule has 0 aliphatic rings. The number of hydrogen-bond donors (Lipinski definition) is 2. The second kappa shape index (κ2) is 6.58. The number of nitro benzene ring substituents is 1. The molecule has 1 atom stereocenters. The van der Waals surface area contributed by atoms with Gasteiger partial charge in [-0.3, -0.25) is 10.1 Å². The van der Waals surface area contributed by atoms with Gasteiger partial charge in [0.15, 0.2) is 0 Å². The van der Waals surface area contributed by atoms with Crippen molar-refractivity contribution in [2.75, 3.05) is 12.4 Å². The molecular formula is C12H16N2O5. The summed E-state index contributed by atoms with van der Waals surface area (Å²) in [5.74, 6) is -0.690. The smallest absolute Gasteiger partial charge is 0.326 e. The number of non-ortho nitro benzene ring substituents is 1. The highest BCUT2D eigenvalue weighted by Gasteiger charge is 2.18. The number of carbonyl (C=O) groups is 1. The number of ether oxygens (including phenoxy) is 1. The van der Waals surface area contributed by atoms with Crippen LogP contribution in [0, 0.1) is 10.1 Å². The Morgan fingerprint density at radius 2 is 2.21 bits per heavy atom. The standard InChI is InChI=1S/C12H16N2O5/c1-3-4-11(12(15)16)13-8-5-9(14(17)18)7-10(6-8)19-2/h5-7,11,13H,3-4H2,1-2H3,(H,15,16). The lowest BCUT2D eigenvalue weighted by Gasteiger charge is -2.15. The van der Waals surface area contributed by atoms with Crippen LogP contribution in [-0.2, 0) is 4.79 Å². The lowest BCUT2D eigenvalue weighted by Crippen LogP contribution is -2.28. The number of carboxylic acids is 1. The topological polar surface area (TPSA) is 102 Å². The van der Waals surface area contributed by atoms with Crippen molar-refractivity contribution >= 4 is 17.3 Å². The minimum atomic E-state index is -0.993. The van der Waals surface area contributed by atoms with Gasteiger partial charge >= 0.3 is 5.97 Å². The van der Waals surface area contributed by atoms with Crippen LogP contribution in [0.3, 0.4) is 0 Å². The molecule has 2 N–H and O–H groups in total. The number of anilines is 1. The third-order valence-electron chi connectivity index (χ3n) is 2.55. The highest BCUT2D eigenvalue weighted by atomic mass is 16.6. The summed E-state index contributed by atoms with van der Waals surface area (Å²) in [6.45, 7) is 1.87. The number of carboxylic acid groups (broad SMARTS) is 1. The first kappa shape index (κ1) is 14.7. The Morgan fingerprint density at radius 1 is 1.53 bits per heavy atom. The number of nitrogens with zero attached hydrogens (tertiary/aromatic N) is 1. The summed E-state index contributed by atoms with van der Waals surface area (Å²) in [6, 6.07) is 3.31. The highest BCUT2D eigenvalue weighted by Crippen LogP contribution is 2.26. The fourth-order valence-electron chi connectivity index (χ4n) is 1.64. The first-order valence-electron chi connectivity index (χ1n) is 5.80. The minimum Gasteiger partial charge on any atom is -0.496 e. The maximum Gasteiger partial charge on any atom is 0.326 e. The van der Waals surface area contributed by atoms with Gasteiger partial charge in [0.25, 0.3) is 5.69 Å². The molecule has 1 rings (SSSR count). The van der Waals surface area contributed by atoms with Gasteiger partial charge < -0.3 is 15.2 Å². The number of aliphatic carboxylic acids is 1. The SMILES string of the molecule is CCCC(Nc1cc(OC)cc([N+](=O)[O-])c1)C(=O)O. The molecule has 0 bridgehead atoms. The lowest BCUT2D eigenvalue weighted by atomic mass is 10.1. The number of rotatable bonds is 7. The number of nitrogens with one attached hydrogen (secondary N) is 1. The second-order valence-corrected chi connectivity index (χ2v) is 4.00. The molecule has 0 saturated carbocycles. The van der Waals surface area contributed by atoms with E-state index in [0.717, 1.165) is 0 Å². The van der Waals surface area contributed by atoms with E-state index < -0.39 is 16.9 Å². The van der Waals surface area contributed by atoms with Crippen molar-refractivity contribution in [3.05, 3.63) is 28.3 Å². The molecule has 7 nitrogen and oxygen atoms in total. The fraction of sp³-hybridized carbons (Fsp3) is 0.417. The van der Waals surface area contributed by atoms with E-state index in [2.05, 4.69) is 5.32 Å². The summed E-state index contributed by atoms with van der Waals surface area (Å²) < 4.78 is 4.96. The maximum atomic E-state index is 11.0. The lowest BCUT2D eigenvalue weighted by molar-refractivity contribution is -0.384. The first-order valence-corrected chi connectivity index (χ1v) is 5.80. The van der Waals surface area contributed by atoms with Crippen molar-refractivity contribution in [2.24, 2.45) is 0 Å². The molecule has 0 amide bonds. The van der Waals surface area contributed by atoms with Crippen LogP contribution < -0.4 is 10.1 Å². The average Bonchev–Trinajstić information content (AvgIpc) is 2.37. The van der Waals surface area contributed by atoms with Crippen molar-refractivity contribution in [1.29, 1.82) is 0 Å². The molecule has 104 valence electrons. The Bertz CT molecular complexity index is 475. The van der Waals surface area contributed by atoms with Crippen LogP contribution in [0.4, 0.5) is 11.4 Å². The van der Waals surface area contributed by atoms with Crippen molar-refractivity contribution in [1.82, 2.24) is 0 Å². The van der Waals surface area contributed by atoms with Crippen LogP contribution in [-0.4, -0.2) is 29.2 Å². The van der Waals surface area contributed by atoms with Gasteiger partial charge in [-0.2, -0.15) is 0 Å². The Balaban J connectivity index is 3.01. The van der Waals surface area contributed by atoms with E-state index >= 15 is 0 Å². The second-order valence-electron chi connectivity index (χ2n) is 4.00. The Morgan fingerprint density at radius 3 is 2.68 bits per heavy atom. The molecular weight excluding hydrogens is 252 g/mol. The normalized spacial score (nSPS) is 11.7. The van der Waals surface area contributed by atoms with Crippen molar-refractivity contribution in [3.63, 3.8) is 0 Å². The largest absolute Gasteiger partial charge is 0.496 e. The van der Waals surface area contributed by atoms with Crippen molar-refractivity contribution in [3.8, 4) is 5.75 Å². The van der Waals surface area contributed by atoms with Crippen LogP contribution in [0.2, 0.25) is 0 Å². The van der Waals surface area contributed by atoms with Gasteiger partial charge in [-0.15, -0.1) is 0 Å². The zero-order valence-electron chi connectivity index (χ0n) is 10.8. The van der Waals surface area contributed by atoms with E-state index in [1.165, 1.54) is 25.3 Å². The van der Waals surface area contributed by atoms with E-state index in [-0.39, 0.29) is 5.69 Å². The van der Waals surface area contributed by atoms with Gasteiger partial charge in [-0.25, -0.2) is 4.79 Å². The van der Waals surface area contributed by atoms with Crippen LogP contribution in [0.25, 0.3) is 0 Å². The molecule has 0 saturated heterocycles. The summed E-state index contributed by atoms with van der Waals surface area (Å²) in [7, 11) is 1.39. The number of hydrogen-bond acceptors (Lipinski definition) is 5. The minimum absolute atomic E-state index is 0.150. The number of methoxy groups -OCH3 is 1. The summed E-state index contributed by atoms with van der Waals surface area (Å²) in [4.78, 5) is 21.3. The molecule has 7 heteroatoms. The maximum absolute atomic E-state index is 11.0. The predicted molar refractivity (Wildman–Crippen MR) is 69.6 cm³/mol. The summed E-state index contributed by atoms with van der Waals surface area (Å²) >= 11 is 0. The first-order chi connectivity index (χ1) is 8.97. The van der Waals surface area contributed by atoms with Gasteiger partial charge in [-0.1, -0.05) is 13.3 Å². The molecule has 0 aliphatic heterocycles.